The second-order valence-electron chi connectivity index (χ2n) is 4.10. The fourth-order valence-corrected chi connectivity index (χ4v) is 3.04. The molecule has 1 unspecified atom stereocenters. The van der Waals surface area contributed by atoms with Crippen molar-refractivity contribution in [1.29, 1.82) is 0 Å². The van der Waals surface area contributed by atoms with Gasteiger partial charge in [-0.3, -0.25) is 4.68 Å². The van der Waals surface area contributed by atoms with Crippen LogP contribution < -0.4 is 5.73 Å². The summed E-state index contributed by atoms with van der Waals surface area (Å²) in [6.07, 6.45) is 1.79. The Morgan fingerprint density at radius 2 is 2.29 bits per heavy atom. The van der Waals surface area contributed by atoms with Crippen molar-refractivity contribution in [3.05, 3.63) is 38.3 Å². The standard InChI is InChI=1S/C12H16BrN3S/c1-3-9-5-10(16(2)15-9)6-11(14)8-4-12(13)17-7-8/h4-5,7,11H,3,6,14H2,1-2H3. The summed E-state index contributed by atoms with van der Waals surface area (Å²) in [7, 11) is 1.98. The zero-order valence-electron chi connectivity index (χ0n) is 9.98. The van der Waals surface area contributed by atoms with Crippen LogP contribution in [0.1, 0.15) is 29.9 Å². The largest absolute Gasteiger partial charge is 0.324 e. The molecule has 0 aromatic carbocycles. The molecule has 0 saturated heterocycles. The predicted molar refractivity (Wildman–Crippen MR) is 75.2 cm³/mol. The van der Waals surface area contributed by atoms with Crippen LogP contribution in [0.15, 0.2) is 21.3 Å². The number of nitrogens with zero attached hydrogens (tertiary/aromatic N) is 2. The van der Waals surface area contributed by atoms with E-state index >= 15 is 0 Å². The van der Waals surface area contributed by atoms with Crippen LogP contribution in [0.25, 0.3) is 0 Å². The SMILES string of the molecule is CCc1cc(CC(N)c2csc(Br)c2)n(C)n1. The molecule has 2 N–H and O–H groups in total. The second kappa shape index (κ2) is 5.33. The Bertz CT molecular complexity index is 504. The van der Waals surface area contributed by atoms with E-state index in [4.69, 9.17) is 5.73 Å². The van der Waals surface area contributed by atoms with E-state index in [2.05, 4.69) is 45.5 Å². The van der Waals surface area contributed by atoms with Gasteiger partial charge in [-0.1, -0.05) is 6.92 Å². The fraction of sp³-hybridized carbons (Fsp3) is 0.417. The first-order valence-corrected chi connectivity index (χ1v) is 7.28. The smallest absolute Gasteiger partial charge is 0.0701 e. The van der Waals surface area contributed by atoms with Crippen molar-refractivity contribution < 1.29 is 0 Å². The minimum atomic E-state index is 0.0395. The molecule has 0 aliphatic carbocycles. The number of halogens is 1. The number of aromatic nitrogens is 2. The number of nitrogens with two attached hydrogens (primary N) is 1. The molecule has 0 fully saturated rings. The van der Waals surface area contributed by atoms with Crippen molar-refractivity contribution in [2.45, 2.75) is 25.8 Å². The van der Waals surface area contributed by atoms with Crippen molar-refractivity contribution in [3.63, 3.8) is 0 Å². The molecular weight excluding hydrogens is 298 g/mol. The van der Waals surface area contributed by atoms with E-state index in [0.717, 1.165) is 22.3 Å². The maximum atomic E-state index is 6.20. The van der Waals surface area contributed by atoms with Crippen LogP contribution in [0.3, 0.4) is 0 Å². The van der Waals surface area contributed by atoms with Crippen LogP contribution in [0, 0.1) is 0 Å². The molecule has 1 atom stereocenters. The van der Waals surface area contributed by atoms with Crippen LogP contribution in [0.4, 0.5) is 0 Å². The molecule has 92 valence electrons. The van der Waals surface area contributed by atoms with Gasteiger partial charge in [0.15, 0.2) is 0 Å². The third-order valence-electron chi connectivity index (χ3n) is 2.83. The average molecular weight is 314 g/mol. The first-order chi connectivity index (χ1) is 8.10. The van der Waals surface area contributed by atoms with E-state index in [1.165, 1.54) is 11.3 Å². The van der Waals surface area contributed by atoms with Crippen LogP contribution in [0.5, 0.6) is 0 Å². The maximum absolute atomic E-state index is 6.20. The van der Waals surface area contributed by atoms with Crippen molar-refractivity contribution in [3.8, 4) is 0 Å². The summed E-state index contributed by atoms with van der Waals surface area (Å²) in [6.45, 7) is 2.11. The van der Waals surface area contributed by atoms with Crippen molar-refractivity contribution in [1.82, 2.24) is 9.78 Å². The summed E-state index contributed by atoms with van der Waals surface area (Å²) < 4.78 is 3.06. The Labute approximate surface area is 114 Å². The quantitative estimate of drug-likeness (QED) is 0.942. The lowest BCUT2D eigenvalue weighted by atomic mass is 10.1. The molecule has 0 spiro atoms. The van der Waals surface area contributed by atoms with Gasteiger partial charge in [-0.25, -0.2) is 0 Å². The van der Waals surface area contributed by atoms with Gasteiger partial charge in [0.2, 0.25) is 0 Å². The second-order valence-corrected chi connectivity index (χ2v) is 6.39. The Hall–Kier alpha value is -0.650. The zero-order chi connectivity index (χ0) is 12.4. The maximum Gasteiger partial charge on any atom is 0.0701 e. The van der Waals surface area contributed by atoms with Crippen LogP contribution >= 0.6 is 27.3 Å². The lowest BCUT2D eigenvalue weighted by Crippen LogP contribution is -2.14. The van der Waals surface area contributed by atoms with Gasteiger partial charge in [0.1, 0.15) is 0 Å². The molecule has 2 heterocycles. The number of rotatable bonds is 4. The normalized spacial score (nSPS) is 12.9. The highest BCUT2D eigenvalue weighted by Gasteiger charge is 2.12. The highest BCUT2D eigenvalue weighted by molar-refractivity contribution is 9.11. The predicted octanol–water partition coefficient (Wildman–Crippen LogP) is 3.05. The van der Waals surface area contributed by atoms with Crippen molar-refractivity contribution >= 4 is 27.3 Å². The Morgan fingerprint density at radius 1 is 1.53 bits per heavy atom. The van der Waals surface area contributed by atoms with E-state index in [-0.39, 0.29) is 6.04 Å². The summed E-state index contributed by atoms with van der Waals surface area (Å²) >= 11 is 5.13. The van der Waals surface area contributed by atoms with Gasteiger partial charge < -0.3 is 5.73 Å². The molecule has 5 heteroatoms. The van der Waals surface area contributed by atoms with Crippen LogP contribution in [0.2, 0.25) is 0 Å². The summed E-state index contributed by atoms with van der Waals surface area (Å²) in [5.41, 5.74) is 9.70. The third-order valence-corrected chi connectivity index (χ3v) is 4.36. The van der Waals surface area contributed by atoms with E-state index in [1.54, 1.807) is 11.3 Å². The van der Waals surface area contributed by atoms with Crippen LogP contribution in [-0.2, 0) is 19.9 Å². The van der Waals surface area contributed by atoms with E-state index in [1.807, 2.05) is 11.7 Å². The zero-order valence-corrected chi connectivity index (χ0v) is 12.4. The summed E-state index contributed by atoms with van der Waals surface area (Å²) in [6, 6.07) is 4.27. The molecule has 0 amide bonds. The molecule has 2 rings (SSSR count). The molecule has 17 heavy (non-hydrogen) atoms. The Balaban J connectivity index is 2.12. The Morgan fingerprint density at radius 3 is 2.82 bits per heavy atom. The molecule has 0 radical (unpaired) electrons. The molecule has 0 aliphatic heterocycles. The monoisotopic (exact) mass is 313 g/mol. The average Bonchev–Trinajstić information content (AvgIpc) is 2.86. The van der Waals surface area contributed by atoms with Gasteiger partial charge in [0.05, 0.1) is 9.48 Å². The number of thiophene rings is 1. The van der Waals surface area contributed by atoms with Gasteiger partial charge in [-0.2, -0.15) is 5.10 Å². The van der Waals surface area contributed by atoms with Gasteiger partial charge in [0.25, 0.3) is 0 Å². The Kier molecular flexibility index (Phi) is 4.01. The minimum absolute atomic E-state index is 0.0395. The first kappa shape index (κ1) is 12.8. The first-order valence-electron chi connectivity index (χ1n) is 5.61. The summed E-state index contributed by atoms with van der Waals surface area (Å²) in [5.74, 6) is 0. The van der Waals surface area contributed by atoms with E-state index < -0.39 is 0 Å². The molecule has 3 nitrogen and oxygen atoms in total. The fourth-order valence-electron chi connectivity index (χ4n) is 1.80. The summed E-state index contributed by atoms with van der Waals surface area (Å²) in [4.78, 5) is 0. The van der Waals surface area contributed by atoms with E-state index in [9.17, 15) is 0 Å². The van der Waals surface area contributed by atoms with Crippen LogP contribution in [-0.4, -0.2) is 9.78 Å². The highest BCUT2D eigenvalue weighted by Crippen LogP contribution is 2.26. The van der Waals surface area contributed by atoms with Crippen molar-refractivity contribution in [2.24, 2.45) is 12.8 Å². The van der Waals surface area contributed by atoms with Gasteiger partial charge in [-0.15, -0.1) is 11.3 Å². The minimum Gasteiger partial charge on any atom is -0.324 e. The molecule has 2 aromatic heterocycles. The third kappa shape index (κ3) is 2.97. The van der Waals surface area contributed by atoms with E-state index in [0.29, 0.717) is 0 Å². The highest BCUT2D eigenvalue weighted by atomic mass is 79.9. The number of hydrogen-bond donors (Lipinski definition) is 1. The topological polar surface area (TPSA) is 43.8 Å². The molecule has 2 aromatic rings. The van der Waals surface area contributed by atoms with Gasteiger partial charge >= 0.3 is 0 Å². The number of hydrogen-bond acceptors (Lipinski definition) is 3. The lowest BCUT2D eigenvalue weighted by molar-refractivity contribution is 0.639. The summed E-state index contributed by atoms with van der Waals surface area (Å²) in [5, 5.41) is 6.54. The molecule has 0 saturated carbocycles. The lowest BCUT2D eigenvalue weighted by Gasteiger charge is -2.09. The molecule has 0 aliphatic rings. The van der Waals surface area contributed by atoms with Crippen molar-refractivity contribution in [2.75, 3.05) is 0 Å². The van der Waals surface area contributed by atoms with Gasteiger partial charge in [0, 0.05) is 25.2 Å². The molecular formula is C12H16BrN3S. The molecule has 0 bridgehead atoms. The van der Waals surface area contributed by atoms with Gasteiger partial charge in [-0.05, 0) is 45.4 Å². The number of aryl methyl sites for hydroxylation is 2.